The van der Waals surface area contributed by atoms with Crippen molar-refractivity contribution in [2.45, 2.75) is 13.3 Å². The zero-order chi connectivity index (χ0) is 17.9. The van der Waals surface area contributed by atoms with Crippen molar-refractivity contribution >= 4 is 17.1 Å². The molecule has 0 radical (unpaired) electrons. The van der Waals surface area contributed by atoms with Gasteiger partial charge in [-0.25, -0.2) is 4.98 Å². The van der Waals surface area contributed by atoms with Gasteiger partial charge in [-0.15, -0.1) is 5.10 Å². The van der Waals surface area contributed by atoms with Gasteiger partial charge in [0.05, 0.1) is 12.0 Å². The molecular weight excluding hydrogens is 330 g/mol. The van der Waals surface area contributed by atoms with Gasteiger partial charge >= 0.3 is 0 Å². The lowest BCUT2D eigenvalue weighted by Gasteiger charge is -2.09. The molecule has 3 heterocycles. The Balaban J connectivity index is 1.57. The number of hydrogen-bond acceptors (Lipinski definition) is 5. The predicted octanol–water partition coefficient (Wildman–Crippen LogP) is 2.69. The summed E-state index contributed by atoms with van der Waals surface area (Å²) in [5, 5.41) is 11.2. The molecule has 0 aliphatic heterocycles. The van der Waals surface area contributed by atoms with Crippen LogP contribution in [0.3, 0.4) is 0 Å². The highest BCUT2D eigenvalue weighted by Gasteiger charge is 2.13. The van der Waals surface area contributed by atoms with Crippen LogP contribution in [0.5, 0.6) is 0 Å². The Morgan fingerprint density at radius 2 is 2.15 bits per heavy atom. The van der Waals surface area contributed by atoms with E-state index in [-0.39, 0.29) is 5.91 Å². The zero-order valence-electron chi connectivity index (χ0n) is 14.2. The maximum Gasteiger partial charge on any atom is 0.251 e. The summed E-state index contributed by atoms with van der Waals surface area (Å²) in [5.74, 6) is 0.699. The molecule has 1 amide bonds. The van der Waals surface area contributed by atoms with Crippen molar-refractivity contribution in [2.24, 2.45) is 0 Å². The summed E-state index contributed by atoms with van der Waals surface area (Å²) in [4.78, 5) is 16.8. The van der Waals surface area contributed by atoms with E-state index in [1.54, 1.807) is 29.3 Å². The Bertz CT molecular complexity index is 1050. The third kappa shape index (κ3) is 3.06. The lowest BCUT2D eigenvalue weighted by atomic mass is 10.1. The Morgan fingerprint density at radius 1 is 1.23 bits per heavy atom. The second-order valence-electron chi connectivity index (χ2n) is 5.93. The van der Waals surface area contributed by atoms with Gasteiger partial charge in [-0.1, -0.05) is 11.3 Å². The van der Waals surface area contributed by atoms with Gasteiger partial charge in [0, 0.05) is 24.7 Å². The molecule has 4 aromatic rings. The summed E-state index contributed by atoms with van der Waals surface area (Å²) in [5.41, 5.74) is 3.69. The molecule has 0 unspecified atom stereocenters. The maximum atomic E-state index is 12.5. The van der Waals surface area contributed by atoms with E-state index in [1.165, 1.54) is 0 Å². The van der Waals surface area contributed by atoms with Gasteiger partial charge < -0.3 is 9.73 Å². The summed E-state index contributed by atoms with van der Waals surface area (Å²) in [6.45, 7) is 2.47. The largest absolute Gasteiger partial charge is 0.469 e. The predicted molar refractivity (Wildman–Crippen MR) is 96.1 cm³/mol. The Kier molecular flexibility index (Phi) is 4.18. The Morgan fingerprint density at radius 3 is 3.00 bits per heavy atom. The van der Waals surface area contributed by atoms with Gasteiger partial charge in [0.1, 0.15) is 11.3 Å². The van der Waals surface area contributed by atoms with Crippen LogP contribution in [-0.2, 0) is 6.42 Å². The van der Waals surface area contributed by atoms with Crippen molar-refractivity contribution in [3.63, 3.8) is 0 Å². The number of benzene rings is 1. The number of aromatic nitrogens is 4. The molecule has 130 valence electrons. The van der Waals surface area contributed by atoms with Crippen LogP contribution in [-0.4, -0.2) is 32.4 Å². The minimum Gasteiger partial charge on any atom is -0.469 e. The zero-order valence-corrected chi connectivity index (χ0v) is 14.2. The number of rotatable bonds is 5. The Labute approximate surface area is 149 Å². The highest BCUT2D eigenvalue weighted by Crippen LogP contribution is 2.19. The van der Waals surface area contributed by atoms with Crippen molar-refractivity contribution in [3.05, 3.63) is 71.8 Å². The number of fused-ring (bicyclic) bond motifs is 1. The van der Waals surface area contributed by atoms with Crippen LogP contribution in [0, 0.1) is 6.92 Å². The van der Waals surface area contributed by atoms with E-state index in [1.807, 2.05) is 37.3 Å². The van der Waals surface area contributed by atoms with E-state index >= 15 is 0 Å². The number of nitrogens with zero attached hydrogens (tertiary/aromatic N) is 4. The molecule has 0 atom stereocenters. The number of amides is 1. The highest BCUT2D eigenvalue weighted by molar-refractivity contribution is 5.95. The number of aryl methyl sites for hydroxylation is 1. The lowest BCUT2D eigenvalue weighted by Crippen LogP contribution is -2.25. The van der Waals surface area contributed by atoms with Crippen molar-refractivity contribution in [2.75, 3.05) is 6.54 Å². The molecule has 0 fully saturated rings. The third-order valence-corrected chi connectivity index (χ3v) is 4.15. The van der Waals surface area contributed by atoms with Crippen molar-refractivity contribution in [1.29, 1.82) is 0 Å². The molecule has 0 spiro atoms. The van der Waals surface area contributed by atoms with Gasteiger partial charge in [0.2, 0.25) is 0 Å². The van der Waals surface area contributed by atoms with Crippen LogP contribution in [0.25, 0.3) is 16.9 Å². The van der Waals surface area contributed by atoms with Gasteiger partial charge in [-0.2, -0.15) is 4.68 Å². The molecule has 7 nitrogen and oxygen atoms in total. The van der Waals surface area contributed by atoms with E-state index in [4.69, 9.17) is 4.42 Å². The highest BCUT2D eigenvalue weighted by atomic mass is 16.3. The fourth-order valence-corrected chi connectivity index (χ4v) is 2.76. The van der Waals surface area contributed by atoms with Crippen molar-refractivity contribution in [1.82, 2.24) is 25.3 Å². The summed E-state index contributed by atoms with van der Waals surface area (Å²) < 4.78 is 6.93. The first kappa shape index (κ1) is 16.0. The normalized spacial score (nSPS) is 11.0. The van der Waals surface area contributed by atoms with E-state index in [9.17, 15) is 4.79 Å². The summed E-state index contributed by atoms with van der Waals surface area (Å²) >= 11 is 0. The summed E-state index contributed by atoms with van der Waals surface area (Å²) in [6, 6.07) is 12.9. The van der Waals surface area contributed by atoms with Crippen LogP contribution < -0.4 is 5.32 Å². The van der Waals surface area contributed by atoms with Crippen molar-refractivity contribution < 1.29 is 9.21 Å². The molecule has 0 saturated heterocycles. The number of carbonyl (C=O) groups is 1. The van der Waals surface area contributed by atoms with E-state index < -0.39 is 0 Å². The van der Waals surface area contributed by atoms with Crippen LogP contribution in [0.2, 0.25) is 0 Å². The average molecular weight is 347 g/mol. The molecule has 1 N–H and O–H groups in total. The number of furan rings is 1. The first-order chi connectivity index (χ1) is 12.7. The van der Waals surface area contributed by atoms with E-state index in [2.05, 4.69) is 20.6 Å². The second kappa shape index (κ2) is 6.79. The van der Waals surface area contributed by atoms with E-state index in [0.717, 1.165) is 17.0 Å². The molecule has 7 heteroatoms. The van der Waals surface area contributed by atoms with Crippen LogP contribution >= 0.6 is 0 Å². The number of pyridine rings is 1. The van der Waals surface area contributed by atoms with Crippen LogP contribution in [0.15, 0.2) is 59.3 Å². The quantitative estimate of drug-likeness (QED) is 0.600. The molecular formula is C19H17N5O2. The van der Waals surface area contributed by atoms with Gasteiger partial charge in [0.25, 0.3) is 5.91 Å². The van der Waals surface area contributed by atoms with Gasteiger partial charge in [-0.05, 0) is 48.9 Å². The molecule has 1 aromatic carbocycles. The molecule has 0 aliphatic carbocycles. The first-order valence-electron chi connectivity index (χ1n) is 8.30. The third-order valence-electron chi connectivity index (χ3n) is 4.15. The summed E-state index contributed by atoms with van der Waals surface area (Å²) in [7, 11) is 0. The number of hydrogen-bond donors (Lipinski definition) is 1. The molecule has 0 saturated carbocycles. The topological polar surface area (TPSA) is 85.8 Å². The first-order valence-corrected chi connectivity index (χ1v) is 8.30. The molecule has 3 aromatic heterocycles. The molecule has 0 aliphatic rings. The SMILES string of the molecule is Cc1ccc(C(=O)NCCc2ccco2)cc1-n1nnc2cccnc21. The second-order valence-corrected chi connectivity index (χ2v) is 5.93. The standard InChI is InChI=1S/C19H17N5O2/c1-13-6-7-14(19(25)21-10-8-15-4-3-11-26-15)12-17(13)24-18-16(22-23-24)5-2-9-20-18/h2-7,9,11-12H,8,10H2,1H3,(H,21,25). The number of carbonyl (C=O) groups excluding carboxylic acids is 1. The maximum absolute atomic E-state index is 12.5. The minimum absolute atomic E-state index is 0.143. The Hall–Kier alpha value is -3.48. The smallest absolute Gasteiger partial charge is 0.251 e. The monoisotopic (exact) mass is 347 g/mol. The molecule has 4 rings (SSSR count). The summed E-state index contributed by atoms with van der Waals surface area (Å²) in [6.07, 6.45) is 3.97. The number of nitrogens with one attached hydrogen (secondary N) is 1. The average Bonchev–Trinajstić information content (AvgIpc) is 3.32. The lowest BCUT2D eigenvalue weighted by molar-refractivity contribution is 0.0953. The van der Waals surface area contributed by atoms with Crippen molar-refractivity contribution in [3.8, 4) is 5.69 Å². The van der Waals surface area contributed by atoms with Crippen LogP contribution in [0.4, 0.5) is 0 Å². The fraction of sp³-hybridized carbons (Fsp3) is 0.158. The van der Waals surface area contributed by atoms with Gasteiger partial charge in [-0.3, -0.25) is 4.79 Å². The van der Waals surface area contributed by atoms with E-state index in [0.29, 0.717) is 29.7 Å². The fourth-order valence-electron chi connectivity index (χ4n) is 2.76. The van der Waals surface area contributed by atoms with Gasteiger partial charge in [0.15, 0.2) is 5.65 Å². The minimum atomic E-state index is -0.143. The molecule has 0 bridgehead atoms. The molecule has 26 heavy (non-hydrogen) atoms. The van der Waals surface area contributed by atoms with Crippen LogP contribution in [0.1, 0.15) is 21.7 Å².